The molecule has 1 saturated carbocycles. The first-order valence-electron chi connectivity index (χ1n) is 5.81. The zero-order valence-corrected chi connectivity index (χ0v) is 12.2. The van der Waals surface area contributed by atoms with E-state index < -0.39 is 0 Å². The maximum absolute atomic E-state index is 12.0. The van der Waals surface area contributed by atoms with Crippen molar-refractivity contribution in [2.45, 2.75) is 32.6 Å². The molecule has 3 rings (SSSR count). The fourth-order valence-electron chi connectivity index (χ4n) is 2.04. The van der Waals surface area contributed by atoms with E-state index in [0.717, 1.165) is 29.8 Å². The van der Waals surface area contributed by atoms with Crippen molar-refractivity contribution >= 4 is 22.6 Å². The molecule has 5 nitrogen and oxygen atoms in total. The molecule has 0 atom stereocenters. The van der Waals surface area contributed by atoms with Crippen molar-refractivity contribution in [1.82, 2.24) is 15.1 Å². The first-order chi connectivity index (χ1) is 8.58. The van der Waals surface area contributed by atoms with E-state index in [2.05, 4.69) is 37.7 Å². The fraction of sp³-hybridized carbons (Fsp3) is 0.417. The van der Waals surface area contributed by atoms with Gasteiger partial charge in [-0.25, -0.2) is 4.98 Å². The number of hydrogen-bond acceptors (Lipinski definition) is 4. The summed E-state index contributed by atoms with van der Waals surface area (Å²) in [6.07, 6.45) is 2.24. The Balaban J connectivity index is 2.22. The molecule has 0 aromatic carbocycles. The van der Waals surface area contributed by atoms with Gasteiger partial charge in [-0.1, -0.05) is 5.16 Å². The van der Waals surface area contributed by atoms with E-state index in [1.54, 1.807) is 0 Å². The minimum atomic E-state index is -0.0810. The quantitative estimate of drug-likeness (QED) is 0.839. The summed E-state index contributed by atoms with van der Waals surface area (Å²) in [5.74, 6) is 1.69. The Kier molecular flexibility index (Phi) is 2.76. The Bertz CT molecular complexity index is 651. The average molecular weight is 357 g/mol. The second-order valence-corrected chi connectivity index (χ2v) is 5.67. The van der Waals surface area contributed by atoms with Crippen LogP contribution >= 0.6 is 22.6 Å². The Labute approximate surface area is 117 Å². The number of H-pyrrole nitrogens is 1. The molecule has 6 heteroatoms. The predicted octanol–water partition coefficient (Wildman–Crippen LogP) is 2.52. The van der Waals surface area contributed by atoms with Gasteiger partial charge in [-0.3, -0.25) is 4.79 Å². The molecule has 1 aliphatic carbocycles. The van der Waals surface area contributed by atoms with Crippen molar-refractivity contribution in [2.24, 2.45) is 0 Å². The Morgan fingerprint density at radius 1 is 1.39 bits per heavy atom. The molecule has 2 aromatic rings. The molecule has 0 unspecified atom stereocenters. The molecule has 1 aliphatic rings. The summed E-state index contributed by atoms with van der Waals surface area (Å²) >= 11 is 2.07. The highest BCUT2D eigenvalue weighted by Crippen LogP contribution is 2.40. The number of nitrogens with one attached hydrogen (secondary N) is 1. The molecule has 0 amide bonds. The van der Waals surface area contributed by atoms with Crippen molar-refractivity contribution < 1.29 is 4.52 Å². The molecule has 1 N–H and O–H groups in total. The van der Waals surface area contributed by atoms with Gasteiger partial charge in [0.25, 0.3) is 5.56 Å². The van der Waals surface area contributed by atoms with Crippen LogP contribution in [-0.4, -0.2) is 15.1 Å². The van der Waals surface area contributed by atoms with E-state index in [-0.39, 0.29) is 5.56 Å². The van der Waals surface area contributed by atoms with E-state index >= 15 is 0 Å². The van der Waals surface area contributed by atoms with Gasteiger partial charge in [-0.2, -0.15) is 0 Å². The molecule has 18 heavy (non-hydrogen) atoms. The second-order valence-electron chi connectivity index (χ2n) is 4.59. The molecule has 1 fully saturated rings. The SMILES string of the molecule is Cc1noc(C)c1-c1nc(C2CC2)c(I)c(=O)[nH]1. The van der Waals surface area contributed by atoms with E-state index in [1.165, 1.54) is 0 Å². The molecule has 0 saturated heterocycles. The summed E-state index contributed by atoms with van der Waals surface area (Å²) in [4.78, 5) is 19.4. The number of halogens is 1. The third-order valence-electron chi connectivity index (χ3n) is 3.12. The number of rotatable bonds is 2. The molecule has 0 bridgehead atoms. The van der Waals surface area contributed by atoms with Crippen LogP contribution in [0, 0.1) is 17.4 Å². The number of aromatic amines is 1. The predicted molar refractivity (Wildman–Crippen MR) is 74.5 cm³/mol. The highest BCUT2D eigenvalue weighted by atomic mass is 127. The molecule has 2 aromatic heterocycles. The number of aryl methyl sites for hydroxylation is 2. The van der Waals surface area contributed by atoms with E-state index in [1.807, 2.05) is 13.8 Å². The van der Waals surface area contributed by atoms with Gasteiger partial charge in [0, 0.05) is 5.92 Å². The van der Waals surface area contributed by atoms with Crippen molar-refractivity contribution in [3.8, 4) is 11.4 Å². The number of nitrogens with zero attached hydrogens (tertiary/aromatic N) is 2. The van der Waals surface area contributed by atoms with E-state index in [9.17, 15) is 4.79 Å². The van der Waals surface area contributed by atoms with Gasteiger partial charge in [0.1, 0.15) is 11.6 Å². The molecule has 0 radical (unpaired) electrons. The van der Waals surface area contributed by atoms with Crippen molar-refractivity contribution in [3.63, 3.8) is 0 Å². The van der Waals surface area contributed by atoms with Crippen LogP contribution < -0.4 is 5.56 Å². The van der Waals surface area contributed by atoms with Crippen LogP contribution in [0.2, 0.25) is 0 Å². The lowest BCUT2D eigenvalue weighted by Gasteiger charge is -2.05. The summed E-state index contributed by atoms with van der Waals surface area (Å²) in [6, 6.07) is 0. The number of hydrogen-bond donors (Lipinski definition) is 1. The summed E-state index contributed by atoms with van der Waals surface area (Å²) in [5, 5.41) is 3.90. The van der Waals surface area contributed by atoms with Crippen molar-refractivity contribution in [2.75, 3.05) is 0 Å². The van der Waals surface area contributed by atoms with Gasteiger partial charge in [0.05, 0.1) is 20.5 Å². The summed E-state index contributed by atoms with van der Waals surface area (Å²) in [7, 11) is 0. The minimum Gasteiger partial charge on any atom is -0.361 e. The molecule has 94 valence electrons. The van der Waals surface area contributed by atoms with E-state index in [4.69, 9.17) is 4.52 Å². The lowest BCUT2D eigenvalue weighted by atomic mass is 10.2. The summed E-state index contributed by atoms with van der Waals surface area (Å²) in [6.45, 7) is 3.67. The second kappa shape index (κ2) is 4.18. The maximum atomic E-state index is 12.0. The normalized spacial score (nSPS) is 15.1. The van der Waals surface area contributed by atoms with Crippen LogP contribution in [0.15, 0.2) is 9.32 Å². The lowest BCUT2D eigenvalue weighted by molar-refractivity contribution is 0.393. The molecular weight excluding hydrogens is 345 g/mol. The van der Waals surface area contributed by atoms with Crippen molar-refractivity contribution in [1.29, 1.82) is 0 Å². The van der Waals surface area contributed by atoms with Gasteiger partial charge >= 0.3 is 0 Å². The van der Waals surface area contributed by atoms with Gasteiger partial charge in [-0.05, 0) is 49.3 Å². The lowest BCUT2D eigenvalue weighted by Crippen LogP contribution is -2.16. The standard InChI is InChI=1S/C12H12IN3O2/c1-5-8(6(2)18-16-5)11-14-10(7-3-4-7)9(13)12(17)15-11/h7H,3-4H2,1-2H3,(H,14,15,17). The summed E-state index contributed by atoms with van der Waals surface area (Å²) in [5.41, 5.74) is 2.38. The monoisotopic (exact) mass is 357 g/mol. The van der Waals surface area contributed by atoms with Gasteiger partial charge in [0.15, 0.2) is 0 Å². The summed E-state index contributed by atoms with van der Waals surface area (Å²) < 4.78 is 5.82. The van der Waals surface area contributed by atoms with Crippen molar-refractivity contribution in [3.05, 3.63) is 31.1 Å². The highest BCUT2D eigenvalue weighted by molar-refractivity contribution is 14.1. The zero-order valence-electron chi connectivity index (χ0n) is 10.1. The third-order valence-corrected chi connectivity index (χ3v) is 4.17. The average Bonchev–Trinajstić information content (AvgIpc) is 3.10. The van der Waals surface area contributed by atoms with Crippen LogP contribution in [0.3, 0.4) is 0 Å². The third kappa shape index (κ3) is 1.88. The van der Waals surface area contributed by atoms with Gasteiger partial charge < -0.3 is 9.51 Å². The topological polar surface area (TPSA) is 71.8 Å². The Morgan fingerprint density at radius 3 is 2.67 bits per heavy atom. The van der Waals surface area contributed by atoms with Crippen LogP contribution in [0.25, 0.3) is 11.4 Å². The zero-order chi connectivity index (χ0) is 12.9. The fourth-order valence-corrected chi connectivity index (χ4v) is 2.74. The minimum absolute atomic E-state index is 0.0810. The van der Waals surface area contributed by atoms with Gasteiger partial charge in [-0.15, -0.1) is 0 Å². The van der Waals surface area contributed by atoms with Gasteiger partial charge in [0.2, 0.25) is 0 Å². The van der Waals surface area contributed by atoms with Crippen LogP contribution in [0.4, 0.5) is 0 Å². The largest absolute Gasteiger partial charge is 0.361 e. The van der Waals surface area contributed by atoms with E-state index in [0.29, 0.717) is 21.1 Å². The Hall–Kier alpha value is -1.18. The van der Waals surface area contributed by atoms with Crippen LogP contribution in [0.1, 0.15) is 35.9 Å². The molecular formula is C12H12IN3O2. The number of aromatic nitrogens is 3. The Morgan fingerprint density at radius 2 is 2.11 bits per heavy atom. The smallest absolute Gasteiger partial charge is 0.264 e. The molecule has 2 heterocycles. The van der Waals surface area contributed by atoms with Crippen LogP contribution in [0.5, 0.6) is 0 Å². The first-order valence-corrected chi connectivity index (χ1v) is 6.88. The maximum Gasteiger partial charge on any atom is 0.264 e. The molecule has 0 aliphatic heterocycles. The first kappa shape index (κ1) is 11.9. The highest BCUT2D eigenvalue weighted by Gasteiger charge is 2.29. The molecule has 0 spiro atoms. The van der Waals surface area contributed by atoms with Crippen LogP contribution in [-0.2, 0) is 0 Å².